The van der Waals surface area contributed by atoms with Gasteiger partial charge in [0, 0.05) is 56.2 Å². The summed E-state index contributed by atoms with van der Waals surface area (Å²) in [5, 5.41) is 2.94. The van der Waals surface area contributed by atoms with E-state index in [4.69, 9.17) is 0 Å². The van der Waals surface area contributed by atoms with Gasteiger partial charge in [-0.25, -0.2) is 4.79 Å². The number of hydrogen-bond donors (Lipinski definition) is 1. The molecule has 0 atom stereocenters. The molecule has 2 heterocycles. The van der Waals surface area contributed by atoms with Crippen LogP contribution in [0.3, 0.4) is 0 Å². The Morgan fingerprint density at radius 2 is 1.25 bits per heavy atom. The summed E-state index contributed by atoms with van der Waals surface area (Å²) in [7, 11) is 0. The number of fused-ring (bicyclic) bond motifs is 1. The van der Waals surface area contributed by atoms with Crippen LogP contribution in [0.1, 0.15) is 21.5 Å². The molecular weight excluding hydrogens is 400 g/mol. The summed E-state index contributed by atoms with van der Waals surface area (Å²) in [6.07, 6.45) is 0. The van der Waals surface area contributed by atoms with E-state index in [9.17, 15) is 9.59 Å². The van der Waals surface area contributed by atoms with Gasteiger partial charge in [0.15, 0.2) is 0 Å². The van der Waals surface area contributed by atoms with Gasteiger partial charge < -0.3 is 20.0 Å². The van der Waals surface area contributed by atoms with Crippen LogP contribution in [0, 0.1) is 0 Å². The number of carbonyl (C=O) groups excluding carboxylic acids is 2. The molecule has 32 heavy (non-hydrogen) atoms. The molecule has 1 saturated heterocycles. The summed E-state index contributed by atoms with van der Waals surface area (Å²) in [5.74, 6) is 0.0329. The highest BCUT2D eigenvalue weighted by Crippen LogP contribution is 2.23. The monoisotopic (exact) mass is 426 g/mol. The molecule has 3 aromatic rings. The molecule has 0 radical (unpaired) electrons. The van der Waals surface area contributed by atoms with Crippen LogP contribution in [-0.2, 0) is 13.1 Å². The van der Waals surface area contributed by atoms with Crippen molar-refractivity contribution >= 4 is 23.3 Å². The minimum absolute atomic E-state index is 0.0329. The average molecular weight is 427 g/mol. The van der Waals surface area contributed by atoms with Crippen LogP contribution in [-0.4, -0.2) is 47.9 Å². The maximum absolute atomic E-state index is 12.9. The lowest BCUT2D eigenvalue weighted by molar-refractivity contribution is 0.0747. The fourth-order valence-electron chi connectivity index (χ4n) is 4.36. The number of piperazine rings is 1. The zero-order chi connectivity index (χ0) is 21.9. The van der Waals surface area contributed by atoms with Crippen LogP contribution >= 0.6 is 0 Å². The standard InChI is InChI=1S/C26H26N4O2/c31-25(29-16-14-28(15-17-29)24-8-2-1-3-9-24)20-10-12-23(13-11-20)27-26(32)30-18-21-6-4-5-7-22(21)19-30/h1-13H,14-19H2,(H,27,32). The largest absolute Gasteiger partial charge is 0.368 e. The van der Waals surface area contributed by atoms with Gasteiger partial charge in [0.05, 0.1) is 0 Å². The number of nitrogens with one attached hydrogen (secondary N) is 1. The van der Waals surface area contributed by atoms with Crippen molar-refractivity contribution < 1.29 is 9.59 Å². The van der Waals surface area contributed by atoms with Crippen molar-refractivity contribution in [2.75, 3.05) is 36.4 Å². The predicted octanol–water partition coefficient (Wildman–Crippen LogP) is 4.20. The second-order valence-corrected chi connectivity index (χ2v) is 8.25. The Kier molecular flexibility index (Phi) is 5.50. The maximum Gasteiger partial charge on any atom is 0.322 e. The molecule has 3 aromatic carbocycles. The highest BCUT2D eigenvalue weighted by atomic mass is 16.2. The minimum atomic E-state index is -0.127. The van der Waals surface area contributed by atoms with E-state index in [2.05, 4.69) is 34.5 Å². The Labute approximate surface area is 188 Å². The van der Waals surface area contributed by atoms with Gasteiger partial charge in [-0.2, -0.15) is 0 Å². The van der Waals surface area contributed by atoms with E-state index in [0.717, 1.165) is 13.1 Å². The third-order valence-electron chi connectivity index (χ3n) is 6.20. The first kappa shape index (κ1) is 20.1. The third-order valence-corrected chi connectivity index (χ3v) is 6.20. The van der Waals surface area contributed by atoms with Crippen LogP contribution in [0.4, 0.5) is 16.2 Å². The Morgan fingerprint density at radius 3 is 1.88 bits per heavy atom. The summed E-state index contributed by atoms with van der Waals surface area (Å²) in [5.41, 5.74) is 4.91. The highest BCUT2D eigenvalue weighted by molar-refractivity contribution is 5.95. The first-order chi connectivity index (χ1) is 15.7. The Balaban J connectivity index is 1.15. The molecule has 2 aliphatic rings. The second kappa shape index (κ2) is 8.75. The average Bonchev–Trinajstić information content (AvgIpc) is 3.29. The third kappa shape index (κ3) is 4.17. The van der Waals surface area contributed by atoms with Gasteiger partial charge in [-0.1, -0.05) is 42.5 Å². The lowest BCUT2D eigenvalue weighted by atomic mass is 10.1. The van der Waals surface area contributed by atoms with Crippen LogP contribution in [0.15, 0.2) is 78.9 Å². The molecule has 0 aromatic heterocycles. The van der Waals surface area contributed by atoms with Crippen molar-refractivity contribution in [3.63, 3.8) is 0 Å². The summed E-state index contributed by atoms with van der Waals surface area (Å²) in [4.78, 5) is 31.5. The van der Waals surface area contributed by atoms with E-state index in [1.54, 1.807) is 29.2 Å². The van der Waals surface area contributed by atoms with Crippen LogP contribution in [0.25, 0.3) is 0 Å². The van der Waals surface area contributed by atoms with Gasteiger partial charge in [-0.05, 0) is 47.5 Å². The number of amides is 3. The van der Waals surface area contributed by atoms with Crippen molar-refractivity contribution in [2.24, 2.45) is 0 Å². The van der Waals surface area contributed by atoms with Crippen LogP contribution < -0.4 is 10.2 Å². The van der Waals surface area contributed by atoms with Crippen LogP contribution in [0.2, 0.25) is 0 Å². The molecule has 6 nitrogen and oxygen atoms in total. The number of anilines is 2. The predicted molar refractivity (Wildman–Crippen MR) is 126 cm³/mol. The van der Waals surface area contributed by atoms with E-state index in [0.29, 0.717) is 37.4 Å². The van der Waals surface area contributed by atoms with Gasteiger partial charge in [0.2, 0.25) is 0 Å². The Hall–Kier alpha value is -3.80. The molecule has 6 heteroatoms. The molecule has 162 valence electrons. The summed E-state index contributed by atoms with van der Waals surface area (Å²) < 4.78 is 0. The summed E-state index contributed by atoms with van der Waals surface area (Å²) >= 11 is 0. The lowest BCUT2D eigenvalue weighted by Gasteiger charge is -2.36. The van der Waals surface area contributed by atoms with Gasteiger partial charge in [0.25, 0.3) is 5.91 Å². The molecule has 0 saturated carbocycles. The molecule has 0 unspecified atom stereocenters. The number of benzene rings is 3. The van der Waals surface area contributed by atoms with Gasteiger partial charge in [0.1, 0.15) is 0 Å². The summed E-state index contributed by atoms with van der Waals surface area (Å²) in [6, 6.07) is 25.5. The first-order valence-corrected chi connectivity index (χ1v) is 11.0. The first-order valence-electron chi connectivity index (χ1n) is 11.0. The van der Waals surface area contributed by atoms with Gasteiger partial charge in [-0.15, -0.1) is 0 Å². The van der Waals surface area contributed by atoms with Crippen molar-refractivity contribution in [1.29, 1.82) is 0 Å². The number of rotatable bonds is 3. The molecule has 0 spiro atoms. The van der Waals surface area contributed by atoms with E-state index >= 15 is 0 Å². The van der Waals surface area contributed by atoms with E-state index in [1.807, 2.05) is 35.2 Å². The van der Waals surface area contributed by atoms with Crippen LogP contribution in [0.5, 0.6) is 0 Å². The zero-order valence-electron chi connectivity index (χ0n) is 17.9. The van der Waals surface area contributed by atoms with Gasteiger partial charge >= 0.3 is 6.03 Å². The van der Waals surface area contributed by atoms with Crippen molar-refractivity contribution in [2.45, 2.75) is 13.1 Å². The van der Waals surface area contributed by atoms with E-state index < -0.39 is 0 Å². The number of para-hydroxylation sites is 1. The molecule has 3 amide bonds. The lowest BCUT2D eigenvalue weighted by Crippen LogP contribution is -2.48. The SMILES string of the molecule is O=C(Nc1ccc(C(=O)N2CCN(c3ccccc3)CC2)cc1)N1Cc2ccccc2C1. The Morgan fingerprint density at radius 1 is 0.656 bits per heavy atom. The molecule has 1 N–H and O–H groups in total. The molecule has 2 aliphatic heterocycles. The number of urea groups is 1. The van der Waals surface area contributed by atoms with Crippen molar-refractivity contribution in [1.82, 2.24) is 9.80 Å². The van der Waals surface area contributed by atoms with Gasteiger partial charge in [-0.3, -0.25) is 4.79 Å². The zero-order valence-corrected chi connectivity index (χ0v) is 17.9. The minimum Gasteiger partial charge on any atom is -0.368 e. The van der Waals surface area contributed by atoms with E-state index in [-0.39, 0.29) is 11.9 Å². The molecule has 0 aliphatic carbocycles. The quantitative estimate of drug-likeness (QED) is 0.683. The second-order valence-electron chi connectivity index (χ2n) is 8.25. The molecule has 1 fully saturated rings. The number of hydrogen-bond acceptors (Lipinski definition) is 3. The number of nitrogens with zero attached hydrogens (tertiary/aromatic N) is 3. The van der Waals surface area contributed by atoms with E-state index in [1.165, 1.54) is 16.8 Å². The normalized spacial score (nSPS) is 15.4. The maximum atomic E-state index is 12.9. The molecule has 5 rings (SSSR count). The molecule has 0 bridgehead atoms. The topological polar surface area (TPSA) is 55.9 Å². The fourth-order valence-corrected chi connectivity index (χ4v) is 4.36. The van der Waals surface area contributed by atoms with Crippen molar-refractivity contribution in [3.05, 3.63) is 95.6 Å². The molecular formula is C26H26N4O2. The van der Waals surface area contributed by atoms with Crippen molar-refractivity contribution in [3.8, 4) is 0 Å². The summed E-state index contributed by atoms with van der Waals surface area (Å²) in [6.45, 7) is 4.27. The Bertz CT molecular complexity index is 1080. The smallest absolute Gasteiger partial charge is 0.322 e. The highest BCUT2D eigenvalue weighted by Gasteiger charge is 2.24. The fraction of sp³-hybridized carbons (Fsp3) is 0.231. The number of carbonyl (C=O) groups is 2.